The molecule has 1 saturated carbocycles. The predicted octanol–water partition coefficient (Wildman–Crippen LogP) is 2.28. The number of hydrogen-bond donors (Lipinski definition) is 2. The van der Waals surface area contributed by atoms with E-state index in [0.29, 0.717) is 12.8 Å². The second-order valence-electron chi connectivity index (χ2n) is 8.29. The molecular formula is C21H24O4. The van der Waals surface area contributed by atoms with Crippen molar-refractivity contribution in [1.82, 2.24) is 0 Å². The van der Waals surface area contributed by atoms with Crippen molar-refractivity contribution in [3.8, 4) is 0 Å². The van der Waals surface area contributed by atoms with E-state index in [-0.39, 0.29) is 23.0 Å². The maximum atomic E-state index is 12.3. The minimum Gasteiger partial charge on any atom is -0.388 e. The van der Waals surface area contributed by atoms with Gasteiger partial charge in [-0.1, -0.05) is 36.8 Å². The minimum absolute atomic E-state index is 0.0145. The average Bonchev–Trinajstić information content (AvgIpc) is 2.87. The predicted molar refractivity (Wildman–Crippen MR) is 93.5 cm³/mol. The van der Waals surface area contributed by atoms with Gasteiger partial charge in [-0.2, -0.15) is 0 Å². The number of allylic oxidation sites excluding steroid dienone is 8. The van der Waals surface area contributed by atoms with Crippen molar-refractivity contribution in [2.45, 2.75) is 38.7 Å². The molecule has 0 aromatic heterocycles. The molecule has 0 heterocycles. The summed E-state index contributed by atoms with van der Waals surface area (Å²) in [5.74, 6) is -0.169. The Morgan fingerprint density at radius 1 is 1.32 bits per heavy atom. The van der Waals surface area contributed by atoms with Crippen molar-refractivity contribution >= 4 is 11.6 Å². The minimum atomic E-state index is -1.46. The third-order valence-electron chi connectivity index (χ3n) is 7.29. The molecule has 0 bridgehead atoms. The van der Waals surface area contributed by atoms with Gasteiger partial charge in [-0.15, -0.1) is 0 Å². The summed E-state index contributed by atoms with van der Waals surface area (Å²) in [6.45, 7) is 3.49. The van der Waals surface area contributed by atoms with Crippen molar-refractivity contribution in [1.29, 1.82) is 0 Å². The monoisotopic (exact) mass is 340 g/mol. The number of hydrogen-bond acceptors (Lipinski definition) is 4. The van der Waals surface area contributed by atoms with Gasteiger partial charge in [0.1, 0.15) is 12.2 Å². The first-order valence-electron chi connectivity index (χ1n) is 8.97. The van der Waals surface area contributed by atoms with Gasteiger partial charge in [0.2, 0.25) is 0 Å². The molecule has 4 aliphatic rings. The standard InChI is InChI=1S/C21H24O4/c1-19-8-5-14(23)11-13(19)3-4-15-16(19)6-9-20(2)17(15)7-10-21(20,25)18(24)12-22/h3-6,8,11,15,17,22,25H,7,9-10,12H2,1-2H3/t15?,17-,19-,20-,21-/m0/s1. The van der Waals surface area contributed by atoms with Crippen LogP contribution in [0, 0.1) is 22.7 Å². The molecule has 0 aromatic rings. The molecule has 4 rings (SSSR count). The van der Waals surface area contributed by atoms with Crippen LogP contribution in [0.1, 0.15) is 33.1 Å². The maximum Gasteiger partial charge on any atom is 0.190 e. The average molecular weight is 340 g/mol. The lowest BCUT2D eigenvalue weighted by atomic mass is 9.53. The van der Waals surface area contributed by atoms with Crippen LogP contribution in [0.4, 0.5) is 0 Å². The molecule has 4 aliphatic carbocycles. The van der Waals surface area contributed by atoms with Gasteiger partial charge >= 0.3 is 0 Å². The van der Waals surface area contributed by atoms with Crippen LogP contribution >= 0.6 is 0 Å². The largest absolute Gasteiger partial charge is 0.388 e. The Bertz CT molecular complexity index is 786. The summed E-state index contributed by atoms with van der Waals surface area (Å²) in [6, 6.07) is 0. The molecule has 4 heteroatoms. The number of carbonyl (C=O) groups excluding carboxylic acids is 2. The third-order valence-corrected chi connectivity index (χ3v) is 7.29. The molecule has 0 saturated heterocycles. The number of rotatable bonds is 2. The molecule has 5 atom stereocenters. The number of fused-ring (bicyclic) bond motifs is 5. The van der Waals surface area contributed by atoms with E-state index in [1.54, 1.807) is 12.2 Å². The Hall–Kier alpha value is -1.78. The Morgan fingerprint density at radius 2 is 2.08 bits per heavy atom. The highest BCUT2D eigenvalue weighted by molar-refractivity contribution is 6.02. The zero-order chi connectivity index (χ0) is 18.0. The zero-order valence-electron chi connectivity index (χ0n) is 14.7. The molecule has 132 valence electrons. The number of aliphatic hydroxyl groups excluding tert-OH is 1. The van der Waals surface area contributed by atoms with E-state index < -0.39 is 23.4 Å². The van der Waals surface area contributed by atoms with Crippen LogP contribution in [0.25, 0.3) is 0 Å². The van der Waals surface area contributed by atoms with E-state index in [1.165, 1.54) is 5.57 Å². The lowest BCUT2D eigenvalue weighted by Gasteiger charge is -2.51. The number of carbonyl (C=O) groups is 2. The van der Waals surface area contributed by atoms with Crippen LogP contribution in [-0.4, -0.2) is 34.0 Å². The topological polar surface area (TPSA) is 74.6 Å². The SMILES string of the molecule is C[C@]12C=CC(=O)C=C1C=CC1C2=CC[C@@]2(C)[C@H]1CC[C@]2(O)C(=O)CO. The van der Waals surface area contributed by atoms with Crippen LogP contribution in [0.5, 0.6) is 0 Å². The Balaban J connectivity index is 1.80. The fourth-order valence-corrected chi connectivity index (χ4v) is 5.62. The molecule has 0 spiro atoms. The highest BCUT2D eigenvalue weighted by atomic mass is 16.3. The molecule has 1 unspecified atom stereocenters. The van der Waals surface area contributed by atoms with Gasteiger partial charge in [0.05, 0.1) is 0 Å². The molecule has 25 heavy (non-hydrogen) atoms. The molecule has 0 radical (unpaired) electrons. The molecule has 4 nitrogen and oxygen atoms in total. The van der Waals surface area contributed by atoms with E-state index in [2.05, 4.69) is 19.1 Å². The lowest BCUT2D eigenvalue weighted by molar-refractivity contribution is -0.155. The van der Waals surface area contributed by atoms with Gasteiger partial charge in [0.25, 0.3) is 0 Å². The molecule has 0 aromatic carbocycles. The van der Waals surface area contributed by atoms with Gasteiger partial charge in [-0.05, 0) is 49.8 Å². The molecule has 0 amide bonds. The van der Waals surface area contributed by atoms with E-state index in [4.69, 9.17) is 0 Å². The first-order valence-corrected chi connectivity index (χ1v) is 8.97. The highest BCUT2D eigenvalue weighted by Gasteiger charge is 2.63. The van der Waals surface area contributed by atoms with E-state index in [9.17, 15) is 19.8 Å². The quantitative estimate of drug-likeness (QED) is 0.756. The van der Waals surface area contributed by atoms with E-state index >= 15 is 0 Å². The van der Waals surface area contributed by atoms with E-state index in [0.717, 1.165) is 12.0 Å². The highest BCUT2D eigenvalue weighted by Crippen LogP contribution is 2.63. The lowest BCUT2D eigenvalue weighted by Crippen LogP contribution is -2.55. The third kappa shape index (κ3) is 1.95. The smallest absolute Gasteiger partial charge is 0.190 e. The molecule has 2 N–H and O–H groups in total. The van der Waals surface area contributed by atoms with Crippen molar-refractivity contribution < 1.29 is 19.8 Å². The second kappa shape index (κ2) is 5.12. The first-order chi connectivity index (χ1) is 11.8. The van der Waals surface area contributed by atoms with Gasteiger partial charge in [0.15, 0.2) is 11.6 Å². The summed E-state index contributed by atoms with van der Waals surface area (Å²) >= 11 is 0. The van der Waals surface area contributed by atoms with Gasteiger partial charge in [-0.25, -0.2) is 0 Å². The van der Waals surface area contributed by atoms with Crippen LogP contribution in [0.2, 0.25) is 0 Å². The normalized spacial score (nSPS) is 44.6. The van der Waals surface area contributed by atoms with Crippen molar-refractivity contribution in [2.24, 2.45) is 22.7 Å². The number of aliphatic hydroxyl groups is 2. The Morgan fingerprint density at radius 3 is 2.80 bits per heavy atom. The Kier molecular flexibility index (Phi) is 3.41. The van der Waals surface area contributed by atoms with Crippen LogP contribution in [0.15, 0.2) is 47.6 Å². The maximum absolute atomic E-state index is 12.3. The molecule has 0 aliphatic heterocycles. The summed E-state index contributed by atoms with van der Waals surface area (Å²) < 4.78 is 0. The summed E-state index contributed by atoms with van der Waals surface area (Å²) in [7, 11) is 0. The fourth-order valence-electron chi connectivity index (χ4n) is 5.62. The van der Waals surface area contributed by atoms with Crippen LogP contribution < -0.4 is 0 Å². The van der Waals surface area contributed by atoms with Gasteiger partial charge < -0.3 is 10.2 Å². The van der Waals surface area contributed by atoms with Crippen molar-refractivity contribution in [3.05, 3.63) is 47.6 Å². The van der Waals surface area contributed by atoms with Crippen LogP contribution in [0.3, 0.4) is 0 Å². The molecule has 1 fully saturated rings. The number of ketones is 2. The van der Waals surface area contributed by atoms with Crippen LogP contribution in [-0.2, 0) is 9.59 Å². The van der Waals surface area contributed by atoms with Gasteiger partial charge in [0, 0.05) is 16.7 Å². The summed E-state index contributed by atoms with van der Waals surface area (Å²) in [5, 5.41) is 20.4. The van der Waals surface area contributed by atoms with Gasteiger partial charge in [-0.3, -0.25) is 9.59 Å². The van der Waals surface area contributed by atoms with E-state index in [1.807, 2.05) is 19.1 Å². The summed E-state index contributed by atoms with van der Waals surface area (Å²) in [6.07, 6.45) is 13.4. The summed E-state index contributed by atoms with van der Waals surface area (Å²) in [4.78, 5) is 24.0. The second-order valence-corrected chi connectivity index (χ2v) is 8.29. The Labute approximate surface area is 147 Å². The summed E-state index contributed by atoms with van der Waals surface area (Å²) in [5.41, 5.74) is -0.0653. The number of Topliss-reactive ketones (excluding diaryl/α,β-unsaturated/α-hetero) is 1. The van der Waals surface area contributed by atoms with Crippen molar-refractivity contribution in [3.63, 3.8) is 0 Å². The fraction of sp³-hybridized carbons (Fsp3) is 0.524. The van der Waals surface area contributed by atoms with Crippen molar-refractivity contribution in [2.75, 3.05) is 6.61 Å². The first kappa shape index (κ1) is 16.7. The molecular weight excluding hydrogens is 316 g/mol. The zero-order valence-corrected chi connectivity index (χ0v) is 14.7.